The molecule has 0 spiro atoms. The number of hydrogen-bond acceptors (Lipinski definition) is 5. The number of ether oxygens (including phenoxy) is 2. The quantitative estimate of drug-likeness (QED) is 0.399. The predicted octanol–water partition coefficient (Wildman–Crippen LogP) is 5.48. The molecule has 6 nitrogen and oxygen atoms in total. The second-order valence-corrected chi connectivity index (χ2v) is 10.0. The molecule has 1 atom stereocenters. The Morgan fingerprint density at radius 1 is 0.974 bits per heavy atom. The summed E-state index contributed by atoms with van der Waals surface area (Å²) in [6.45, 7) is 2.02. The molecular weight excluding hydrogens is 481 g/mol. The smallest absolute Gasteiger partial charge is 0.257 e. The molecule has 0 bridgehead atoms. The fourth-order valence-electron chi connectivity index (χ4n) is 5.49. The summed E-state index contributed by atoms with van der Waals surface area (Å²) in [5, 5.41) is 6.21. The van der Waals surface area contributed by atoms with Gasteiger partial charge in [-0.3, -0.25) is 9.69 Å². The first-order valence-electron chi connectivity index (χ1n) is 13.2. The lowest BCUT2D eigenvalue weighted by molar-refractivity contribution is -0.134. The summed E-state index contributed by atoms with van der Waals surface area (Å²) in [7, 11) is 3.19. The van der Waals surface area contributed by atoms with E-state index < -0.39 is 6.04 Å². The average molecular weight is 516 g/mol. The minimum Gasteiger partial charge on any atom is -0.497 e. The van der Waals surface area contributed by atoms with Gasteiger partial charge in [0.1, 0.15) is 17.3 Å². The Hall–Kier alpha value is -3.71. The van der Waals surface area contributed by atoms with Gasteiger partial charge in [-0.15, -0.1) is 0 Å². The third-order valence-electron chi connectivity index (χ3n) is 7.58. The molecule has 2 aliphatic rings. The van der Waals surface area contributed by atoms with Crippen molar-refractivity contribution in [2.45, 2.75) is 31.7 Å². The van der Waals surface area contributed by atoms with Crippen LogP contribution in [0.4, 0.5) is 4.39 Å². The van der Waals surface area contributed by atoms with Crippen LogP contribution in [-0.4, -0.2) is 55.4 Å². The van der Waals surface area contributed by atoms with Gasteiger partial charge in [-0.05, 0) is 62.0 Å². The molecule has 2 aliphatic heterocycles. The molecule has 7 heteroatoms. The highest BCUT2D eigenvalue weighted by atomic mass is 19.1. The van der Waals surface area contributed by atoms with Gasteiger partial charge in [0, 0.05) is 23.6 Å². The highest BCUT2D eigenvalue weighted by Crippen LogP contribution is 2.39. The average Bonchev–Trinajstić information content (AvgIpc) is 3.40. The Morgan fingerprint density at radius 2 is 1.71 bits per heavy atom. The zero-order valence-corrected chi connectivity index (χ0v) is 22.0. The van der Waals surface area contributed by atoms with Gasteiger partial charge in [0.05, 0.1) is 32.5 Å². The van der Waals surface area contributed by atoms with E-state index in [2.05, 4.69) is 34.3 Å². The van der Waals surface area contributed by atoms with Gasteiger partial charge in [0.2, 0.25) is 0 Å². The number of piperidine rings is 1. The summed E-state index contributed by atoms with van der Waals surface area (Å²) in [5.41, 5.74) is 3.16. The molecule has 0 unspecified atom stereocenters. The number of amides is 1. The lowest BCUT2D eigenvalue weighted by Crippen LogP contribution is -2.42. The zero-order valence-electron chi connectivity index (χ0n) is 22.0. The van der Waals surface area contributed by atoms with E-state index in [-0.39, 0.29) is 18.3 Å². The SMILES string of the molecule is COc1ccc([C@@H]2CC(c3ccccc3F)=NN2C(=O)CN2CCC(Cc3ccccc3)CC2)c(OC)c1. The van der Waals surface area contributed by atoms with Crippen molar-refractivity contribution < 1.29 is 18.7 Å². The fraction of sp³-hybridized carbons (Fsp3) is 0.355. The molecule has 198 valence electrons. The lowest BCUT2D eigenvalue weighted by Gasteiger charge is -2.33. The van der Waals surface area contributed by atoms with Crippen molar-refractivity contribution >= 4 is 11.6 Å². The summed E-state index contributed by atoms with van der Waals surface area (Å²) in [4.78, 5) is 15.9. The first-order valence-corrected chi connectivity index (χ1v) is 13.2. The first kappa shape index (κ1) is 25.9. The van der Waals surface area contributed by atoms with Crippen molar-refractivity contribution in [3.63, 3.8) is 0 Å². The van der Waals surface area contributed by atoms with Crippen molar-refractivity contribution in [2.24, 2.45) is 11.0 Å². The number of rotatable bonds is 8. The maximum absolute atomic E-state index is 14.7. The van der Waals surface area contributed by atoms with E-state index in [0.29, 0.717) is 35.1 Å². The number of methoxy groups -OCH3 is 2. The molecule has 1 fully saturated rings. The lowest BCUT2D eigenvalue weighted by atomic mass is 9.90. The molecule has 3 aromatic carbocycles. The van der Waals surface area contributed by atoms with Crippen molar-refractivity contribution in [1.29, 1.82) is 0 Å². The van der Waals surface area contributed by atoms with Crippen LogP contribution in [0.3, 0.4) is 0 Å². The number of benzene rings is 3. The minimum absolute atomic E-state index is 0.0966. The summed E-state index contributed by atoms with van der Waals surface area (Å²) in [6, 6.07) is 22.3. The number of hydrogen-bond donors (Lipinski definition) is 0. The predicted molar refractivity (Wildman–Crippen MR) is 146 cm³/mol. The van der Waals surface area contributed by atoms with Crippen LogP contribution in [0.5, 0.6) is 11.5 Å². The fourth-order valence-corrected chi connectivity index (χ4v) is 5.49. The van der Waals surface area contributed by atoms with E-state index in [1.165, 1.54) is 16.6 Å². The Balaban J connectivity index is 1.33. The number of halogens is 1. The Labute approximate surface area is 223 Å². The summed E-state index contributed by atoms with van der Waals surface area (Å²) >= 11 is 0. The monoisotopic (exact) mass is 515 g/mol. The number of carbonyl (C=O) groups is 1. The first-order chi connectivity index (χ1) is 18.6. The highest BCUT2D eigenvalue weighted by molar-refractivity contribution is 6.03. The third-order valence-corrected chi connectivity index (χ3v) is 7.58. The maximum Gasteiger partial charge on any atom is 0.257 e. The molecule has 3 aromatic rings. The second-order valence-electron chi connectivity index (χ2n) is 10.0. The molecule has 38 heavy (non-hydrogen) atoms. The number of likely N-dealkylation sites (tertiary alicyclic amines) is 1. The molecular formula is C31H34FN3O3. The summed E-state index contributed by atoms with van der Waals surface area (Å²) < 4.78 is 25.7. The van der Waals surface area contributed by atoms with Gasteiger partial charge < -0.3 is 9.47 Å². The van der Waals surface area contributed by atoms with E-state index >= 15 is 0 Å². The van der Waals surface area contributed by atoms with Gasteiger partial charge in [-0.1, -0.05) is 48.5 Å². The molecule has 2 heterocycles. The molecule has 5 rings (SSSR count). The molecule has 0 N–H and O–H groups in total. The summed E-state index contributed by atoms with van der Waals surface area (Å²) in [6.07, 6.45) is 3.59. The van der Waals surface area contributed by atoms with Crippen molar-refractivity contribution in [3.05, 3.63) is 95.3 Å². The summed E-state index contributed by atoms with van der Waals surface area (Å²) in [5.74, 6) is 1.45. The Morgan fingerprint density at radius 3 is 2.42 bits per heavy atom. The normalized spacial score (nSPS) is 18.3. The Bertz CT molecular complexity index is 1290. The second kappa shape index (κ2) is 11.8. The van der Waals surface area contributed by atoms with Crippen LogP contribution in [0.25, 0.3) is 0 Å². The van der Waals surface area contributed by atoms with Crippen LogP contribution in [0, 0.1) is 11.7 Å². The maximum atomic E-state index is 14.7. The molecule has 0 aromatic heterocycles. The van der Waals surface area contributed by atoms with Gasteiger partial charge >= 0.3 is 0 Å². The third kappa shape index (κ3) is 5.73. The minimum atomic E-state index is -0.395. The van der Waals surface area contributed by atoms with Crippen molar-refractivity contribution in [2.75, 3.05) is 33.9 Å². The van der Waals surface area contributed by atoms with E-state index in [9.17, 15) is 9.18 Å². The molecule has 1 saturated heterocycles. The van der Waals surface area contributed by atoms with Crippen LogP contribution in [0.15, 0.2) is 77.9 Å². The molecule has 0 aliphatic carbocycles. The van der Waals surface area contributed by atoms with E-state index in [4.69, 9.17) is 9.47 Å². The van der Waals surface area contributed by atoms with Gasteiger partial charge in [-0.2, -0.15) is 5.10 Å². The Kier molecular flexibility index (Phi) is 8.03. The van der Waals surface area contributed by atoms with Gasteiger partial charge in [-0.25, -0.2) is 9.40 Å². The topological polar surface area (TPSA) is 54.4 Å². The number of carbonyl (C=O) groups excluding carboxylic acids is 1. The van der Waals surface area contributed by atoms with Crippen LogP contribution in [0.1, 0.15) is 42.0 Å². The van der Waals surface area contributed by atoms with E-state index in [0.717, 1.165) is 37.9 Å². The van der Waals surface area contributed by atoms with Gasteiger partial charge in [0.25, 0.3) is 5.91 Å². The standard InChI is InChI=1S/C31H34FN3O3/c1-37-24-12-13-26(30(19-24)38-2)29-20-28(25-10-6-7-11-27(25)32)33-35(29)31(36)21-34-16-14-23(15-17-34)18-22-8-4-3-5-9-22/h3-13,19,23,29H,14-18,20-21H2,1-2H3/t29-/m0/s1. The van der Waals surface area contributed by atoms with Crippen LogP contribution < -0.4 is 9.47 Å². The molecule has 1 amide bonds. The van der Waals surface area contributed by atoms with Crippen LogP contribution >= 0.6 is 0 Å². The molecule has 0 radical (unpaired) electrons. The number of nitrogens with zero attached hydrogens (tertiary/aromatic N) is 3. The highest BCUT2D eigenvalue weighted by Gasteiger charge is 2.36. The molecule has 0 saturated carbocycles. The largest absolute Gasteiger partial charge is 0.497 e. The van der Waals surface area contributed by atoms with E-state index in [1.807, 2.05) is 18.2 Å². The van der Waals surface area contributed by atoms with Crippen LogP contribution in [-0.2, 0) is 11.2 Å². The number of hydrazone groups is 1. The zero-order chi connectivity index (χ0) is 26.5. The van der Waals surface area contributed by atoms with Gasteiger partial charge in [0.15, 0.2) is 0 Å². The van der Waals surface area contributed by atoms with Crippen molar-refractivity contribution in [3.8, 4) is 11.5 Å². The van der Waals surface area contributed by atoms with Crippen molar-refractivity contribution in [1.82, 2.24) is 9.91 Å². The van der Waals surface area contributed by atoms with Crippen LogP contribution in [0.2, 0.25) is 0 Å². The van der Waals surface area contributed by atoms with E-state index in [1.54, 1.807) is 38.5 Å².